The van der Waals surface area contributed by atoms with E-state index in [9.17, 15) is 0 Å². The minimum Gasteiger partial charge on any atom is -0.497 e. The molecule has 0 aliphatic carbocycles. The third-order valence-electron chi connectivity index (χ3n) is 2.49. The summed E-state index contributed by atoms with van der Waals surface area (Å²) >= 11 is 1.82. The van der Waals surface area contributed by atoms with E-state index in [0.717, 1.165) is 23.1 Å². The van der Waals surface area contributed by atoms with E-state index in [-0.39, 0.29) is 0 Å². The molecule has 1 aromatic rings. The van der Waals surface area contributed by atoms with Crippen LogP contribution in [0.2, 0.25) is 0 Å². The fourth-order valence-electron chi connectivity index (χ4n) is 1.56. The number of nitrogens with zero attached hydrogens (tertiary/aromatic N) is 2. The van der Waals surface area contributed by atoms with Crippen LogP contribution >= 0.6 is 11.8 Å². The van der Waals surface area contributed by atoms with Crippen LogP contribution in [-0.4, -0.2) is 36.5 Å². The Morgan fingerprint density at radius 2 is 2.06 bits per heavy atom. The molecule has 1 aliphatic rings. The lowest BCUT2D eigenvalue weighted by molar-refractivity contribution is 0.415. The van der Waals surface area contributed by atoms with E-state index < -0.39 is 0 Å². The third-order valence-corrected chi connectivity index (χ3v) is 3.65. The summed E-state index contributed by atoms with van der Waals surface area (Å²) in [6.45, 7) is 1.10. The number of aliphatic imine (C=N–C) groups is 1. The van der Waals surface area contributed by atoms with Crippen LogP contribution in [0.1, 0.15) is 6.42 Å². The van der Waals surface area contributed by atoms with Gasteiger partial charge in [0.15, 0.2) is 5.17 Å². The molecule has 0 N–H and O–H groups in total. The second kappa shape index (κ2) is 5.25. The van der Waals surface area contributed by atoms with Crippen molar-refractivity contribution in [3.8, 4) is 5.75 Å². The number of amidine groups is 1. The fraction of sp³-hybridized carbons (Fsp3) is 0.417. The quantitative estimate of drug-likeness (QED) is 0.789. The van der Waals surface area contributed by atoms with Gasteiger partial charge in [0.25, 0.3) is 0 Å². The van der Waals surface area contributed by atoms with Crippen molar-refractivity contribution in [3.05, 3.63) is 24.3 Å². The molecule has 2 rings (SSSR count). The molecule has 0 unspecified atom stereocenters. The number of hydrogen-bond donors (Lipinski definition) is 0. The van der Waals surface area contributed by atoms with Gasteiger partial charge in [-0.05, 0) is 30.7 Å². The van der Waals surface area contributed by atoms with Crippen LogP contribution in [0.5, 0.6) is 5.75 Å². The van der Waals surface area contributed by atoms with Crippen molar-refractivity contribution in [2.75, 3.05) is 26.5 Å². The van der Waals surface area contributed by atoms with E-state index in [1.54, 1.807) is 7.11 Å². The molecule has 0 radical (unpaired) electrons. The van der Waals surface area contributed by atoms with Crippen LogP contribution in [0, 0.1) is 0 Å². The van der Waals surface area contributed by atoms with Crippen molar-refractivity contribution < 1.29 is 4.74 Å². The predicted octanol–water partition coefficient (Wildman–Crippen LogP) is 2.75. The summed E-state index contributed by atoms with van der Waals surface area (Å²) in [6, 6.07) is 7.84. The van der Waals surface area contributed by atoms with Gasteiger partial charge in [-0.25, -0.2) is 4.99 Å². The lowest BCUT2D eigenvalue weighted by Gasteiger charge is -2.25. The Kier molecular flexibility index (Phi) is 3.72. The molecule has 4 heteroatoms. The maximum absolute atomic E-state index is 5.12. The van der Waals surface area contributed by atoms with Crippen molar-refractivity contribution in [2.24, 2.45) is 4.99 Å². The topological polar surface area (TPSA) is 24.8 Å². The second-order valence-corrected chi connectivity index (χ2v) is 4.78. The molecule has 0 saturated carbocycles. The van der Waals surface area contributed by atoms with E-state index in [0.29, 0.717) is 0 Å². The molecule has 1 saturated heterocycles. The molecule has 3 nitrogen and oxygen atoms in total. The summed E-state index contributed by atoms with van der Waals surface area (Å²) in [4.78, 5) is 6.83. The Labute approximate surface area is 101 Å². The maximum atomic E-state index is 5.12. The van der Waals surface area contributed by atoms with Crippen LogP contribution in [0.15, 0.2) is 29.3 Å². The van der Waals surface area contributed by atoms with E-state index in [2.05, 4.69) is 16.9 Å². The normalized spacial score (nSPS) is 18.9. The molecule has 0 bridgehead atoms. The van der Waals surface area contributed by atoms with E-state index in [1.165, 1.54) is 12.2 Å². The van der Waals surface area contributed by atoms with Gasteiger partial charge in [0.2, 0.25) is 0 Å². The standard InChI is InChI=1S/C12H16N2OS/c1-14-8-3-9-16-12(14)13-10-4-6-11(15-2)7-5-10/h4-7H,3,8-9H2,1-2H3. The van der Waals surface area contributed by atoms with E-state index in [1.807, 2.05) is 36.0 Å². The predicted molar refractivity (Wildman–Crippen MR) is 69.8 cm³/mol. The van der Waals surface area contributed by atoms with Crippen LogP contribution in [0.25, 0.3) is 0 Å². The Hall–Kier alpha value is -1.16. The third kappa shape index (κ3) is 2.70. The number of hydrogen-bond acceptors (Lipinski definition) is 3. The first-order valence-corrected chi connectivity index (χ1v) is 6.35. The Morgan fingerprint density at radius 3 is 2.69 bits per heavy atom. The molecular weight excluding hydrogens is 220 g/mol. The molecule has 86 valence electrons. The molecular formula is C12H16N2OS. The highest BCUT2D eigenvalue weighted by Gasteiger charge is 2.12. The maximum Gasteiger partial charge on any atom is 0.164 e. The van der Waals surface area contributed by atoms with Gasteiger partial charge in [0.05, 0.1) is 12.8 Å². The largest absolute Gasteiger partial charge is 0.497 e. The first-order chi connectivity index (χ1) is 7.79. The summed E-state index contributed by atoms with van der Waals surface area (Å²) in [5.41, 5.74) is 0.983. The SMILES string of the molecule is COc1ccc(N=C2SCCCN2C)cc1. The lowest BCUT2D eigenvalue weighted by atomic mass is 10.3. The van der Waals surface area contributed by atoms with E-state index in [4.69, 9.17) is 4.74 Å². The Morgan fingerprint density at radius 1 is 1.31 bits per heavy atom. The van der Waals surface area contributed by atoms with Gasteiger partial charge in [-0.3, -0.25) is 0 Å². The van der Waals surface area contributed by atoms with E-state index >= 15 is 0 Å². The highest BCUT2D eigenvalue weighted by molar-refractivity contribution is 8.13. The Bertz CT molecular complexity index is 375. The number of benzene rings is 1. The zero-order chi connectivity index (χ0) is 11.4. The number of rotatable bonds is 2. The molecule has 0 atom stereocenters. The average Bonchev–Trinajstić information content (AvgIpc) is 2.33. The van der Waals surface area contributed by atoms with Gasteiger partial charge in [-0.1, -0.05) is 11.8 Å². The highest BCUT2D eigenvalue weighted by Crippen LogP contribution is 2.22. The zero-order valence-electron chi connectivity index (χ0n) is 9.64. The number of methoxy groups -OCH3 is 1. The van der Waals surface area contributed by atoms with Crippen molar-refractivity contribution in [1.82, 2.24) is 4.90 Å². The van der Waals surface area contributed by atoms with Crippen LogP contribution in [0.4, 0.5) is 5.69 Å². The van der Waals surface area contributed by atoms with Crippen LogP contribution in [0.3, 0.4) is 0 Å². The van der Waals surface area contributed by atoms with Crippen molar-refractivity contribution in [1.29, 1.82) is 0 Å². The molecule has 1 heterocycles. The molecule has 1 aromatic carbocycles. The van der Waals surface area contributed by atoms with Gasteiger partial charge in [0.1, 0.15) is 5.75 Å². The van der Waals surface area contributed by atoms with Crippen molar-refractivity contribution in [2.45, 2.75) is 6.42 Å². The highest BCUT2D eigenvalue weighted by atomic mass is 32.2. The van der Waals surface area contributed by atoms with Gasteiger partial charge < -0.3 is 9.64 Å². The fourth-order valence-corrected chi connectivity index (χ4v) is 2.49. The minimum atomic E-state index is 0.869. The first-order valence-electron chi connectivity index (χ1n) is 5.36. The lowest BCUT2D eigenvalue weighted by Crippen LogP contribution is -2.29. The number of ether oxygens (including phenoxy) is 1. The summed E-state index contributed by atoms with van der Waals surface area (Å²) in [5.74, 6) is 2.04. The smallest absolute Gasteiger partial charge is 0.164 e. The molecule has 16 heavy (non-hydrogen) atoms. The summed E-state index contributed by atoms with van der Waals surface area (Å²) in [6.07, 6.45) is 1.24. The molecule has 0 amide bonds. The van der Waals surface area contributed by atoms with Crippen LogP contribution in [-0.2, 0) is 0 Å². The molecule has 1 aliphatic heterocycles. The monoisotopic (exact) mass is 236 g/mol. The van der Waals surface area contributed by atoms with Crippen molar-refractivity contribution in [3.63, 3.8) is 0 Å². The van der Waals surface area contributed by atoms with Gasteiger partial charge in [-0.2, -0.15) is 0 Å². The van der Waals surface area contributed by atoms with Gasteiger partial charge >= 0.3 is 0 Å². The van der Waals surface area contributed by atoms with Crippen molar-refractivity contribution >= 4 is 22.6 Å². The van der Waals surface area contributed by atoms with Crippen LogP contribution < -0.4 is 4.74 Å². The molecule has 1 fully saturated rings. The molecule has 0 aromatic heterocycles. The van der Waals surface area contributed by atoms with Gasteiger partial charge in [-0.15, -0.1) is 0 Å². The molecule has 0 spiro atoms. The van der Waals surface area contributed by atoms with Gasteiger partial charge in [0, 0.05) is 19.3 Å². The zero-order valence-corrected chi connectivity index (χ0v) is 10.5. The summed E-state index contributed by atoms with van der Waals surface area (Å²) < 4.78 is 5.12. The Balaban J connectivity index is 2.14. The average molecular weight is 236 g/mol. The minimum absolute atomic E-state index is 0.869. The summed E-state index contributed by atoms with van der Waals surface area (Å²) in [7, 11) is 3.76. The summed E-state index contributed by atoms with van der Waals surface area (Å²) in [5, 5.41) is 1.11. The second-order valence-electron chi connectivity index (χ2n) is 3.72. The first kappa shape index (κ1) is 11.3. The number of thioether (sulfide) groups is 1.